The van der Waals surface area contributed by atoms with Crippen molar-refractivity contribution in [2.75, 3.05) is 5.32 Å². The quantitative estimate of drug-likeness (QED) is 0.379. The summed E-state index contributed by atoms with van der Waals surface area (Å²) in [7, 11) is 0. The van der Waals surface area contributed by atoms with Crippen LogP contribution in [0.1, 0.15) is 15.9 Å². The molecule has 1 aromatic heterocycles. The Bertz CT molecular complexity index is 1250. The van der Waals surface area contributed by atoms with Gasteiger partial charge in [-0.1, -0.05) is 48.5 Å². The molecule has 0 saturated carbocycles. The number of pyridine rings is 1. The zero-order valence-corrected chi connectivity index (χ0v) is 15.6. The van der Waals surface area contributed by atoms with Crippen LogP contribution < -0.4 is 5.32 Å². The Morgan fingerprint density at radius 2 is 1.66 bits per heavy atom. The third kappa shape index (κ3) is 3.43. The highest BCUT2D eigenvalue weighted by Gasteiger charge is 2.22. The molecule has 0 fully saturated rings. The van der Waals surface area contributed by atoms with Gasteiger partial charge in [0.1, 0.15) is 0 Å². The number of aryl methyl sites for hydroxylation is 1. The van der Waals surface area contributed by atoms with Gasteiger partial charge in [-0.3, -0.25) is 19.9 Å². The standard InChI is InChI=1S/C23H17N3O3/c1-15-7-4-11-18(17-10-2-3-13-20(17)26(28)29)21(15)23(27)25-19-12-5-8-16-9-6-14-24-22(16)19/h2-14H,1H3,(H,25,27). The monoisotopic (exact) mass is 383 g/mol. The van der Waals surface area contributed by atoms with E-state index in [0.29, 0.717) is 27.9 Å². The molecule has 1 N–H and O–H groups in total. The first kappa shape index (κ1) is 18.3. The van der Waals surface area contributed by atoms with E-state index in [9.17, 15) is 14.9 Å². The Kier molecular flexibility index (Phi) is 4.75. The number of hydrogen-bond acceptors (Lipinski definition) is 4. The Morgan fingerprint density at radius 1 is 0.931 bits per heavy atom. The van der Waals surface area contributed by atoms with Gasteiger partial charge in [0.05, 0.1) is 27.3 Å². The molecule has 29 heavy (non-hydrogen) atoms. The molecule has 6 heteroatoms. The number of nitro groups is 1. The summed E-state index contributed by atoms with van der Waals surface area (Å²) in [6.07, 6.45) is 1.67. The van der Waals surface area contributed by atoms with Gasteiger partial charge in [0.25, 0.3) is 11.6 Å². The Morgan fingerprint density at radius 3 is 2.48 bits per heavy atom. The van der Waals surface area contributed by atoms with Gasteiger partial charge in [-0.2, -0.15) is 0 Å². The van der Waals surface area contributed by atoms with E-state index in [1.165, 1.54) is 6.07 Å². The van der Waals surface area contributed by atoms with Crippen molar-refractivity contribution in [3.05, 3.63) is 100 Å². The van der Waals surface area contributed by atoms with E-state index < -0.39 is 4.92 Å². The fraction of sp³-hybridized carbons (Fsp3) is 0.0435. The minimum atomic E-state index is -0.437. The SMILES string of the molecule is Cc1cccc(-c2ccccc2[N+](=O)[O-])c1C(=O)Nc1cccc2cccnc12. The third-order valence-electron chi connectivity index (χ3n) is 4.77. The summed E-state index contributed by atoms with van der Waals surface area (Å²) in [5.74, 6) is -0.339. The van der Waals surface area contributed by atoms with Gasteiger partial charge in [0.15, 0.2) is 0 Å². The molecule has 0 aliphatic heterocycles. The van der Waals surface area contributed by atoms with Gasteiger partial charge < -0.3 is 5.32 Å². The first-order valence-electron chi connectivity index (χ1n) is 9.05. The highest BCUT2D eigenvalue weighted by molar-refractivity contribution is 6.12. The van der Waals surface area contributed by atoms with E-state index in [1.807, 2.05) is 37.3 Å². The molecule has 0 atom stereocenters. The fourth-order valence-corrected chi connectivity index (χ4v) is 3.44. The largest absolute Gasteiger partial charge is 0.320 e. The Balaban J connectivity index is 1.82. The third-order valence-corrected chi connectivity index (χ3v) is 4.77. The highest BCUT2D eigenvalue weighted by Crippen LogP contribution is 2.34. The zero-order chi connectivity index (χ0) is 20.4. The summed E-state index contributed by atoms with van der Waals surface area (Å²) >= 11 is 0. The molecule has 4 aromatic rings. The maximum absolute atomic E-state index is 13.2. The first-order valence-corrected chi connectivity index (χ1v) is 9.05. The van der Waals surface area contributed by atoms with E-state index in [2.05, 4.69) is 10.3 Å². The second kappa shape index (κ2) is 7.52. The summed E-state index contributed by atoms with van der Waals surface area (Å²) in [5, 5.41) is 15.3. The summed E-state index contributed by atoms with van der Waals surface area (Å²) in [6.45, 7) is 1.81. The predicted octanol–water partition coefficient (Wildman–Crippen LogP) is 5.37. The topological polar surface area (TPSA) is 85.1 Å². The van der Waals surface area contributed by atoms with Crippen LogP contribution in [0, 0.1) is 17.0 Å². The van der Waals surface area contributed by atoms with Crippen LogP contribution in [0.25, 0.3) is 22.0 Å². The van der Waals surface area contributed by atoms with Crippen LogP contribution >= 0.6 is 0 Å². The lowest BCUT2D eigenvalue weighted by molar-refractivity contribution is -0.384. The number of carbonyl (C=O) groups excluding carboxylic acids is 1. The second-order valence-corrected chi connectivity index (χ2v) is 6.61. The molecule has 3 aromatic carbocycles. The van der Waals surface area contributed by atoms with Gasteiger partial charge in [-0.05, 0) is 30.7 Å². The number of nitro benzene ring substituents is 1. The smallest absolute Gasteiger partial charge is 0.277 e. The van der Waals surface area contributed by atoms with Crippen LogP contribution in [0.3, 0.4) is 0 Å². The lowest BCUT2D eigenvalue weighted by Gasteiger charge is -2.14. The number of para-hydroxylation sites is 2. The van der Waals surface area contributed by atoms with Gasteiger partial charge >= 0.3 is 0 Å². The number of fused-ring (bicyclic) bond motifs is 1. The highest BCUT2D eigenvalue weighted by atomic mass is 16.6. The molecule has 6 nitrogen and oxygen atoms in total. The van der Waals surface area contributed by atoms with Crippen LogP contribution in [0.2, 0.25) is 0 Å². The molecule has 0 spiro atoms. The summed E-state index contributed by atoms with van der Waals surface area (Å²) < 4.78 is 0. The number of anilines is 1. The normalized spacial score (nSPS) is 10.7. The van der Waals surface area contributed by atoms with Crippen molar-refractivity contribution >= 4 is 28.2 Å². The lowest BCUT2D eigenvalue weighted by atomic mass is 9.94. The number of carbonyl (C=O) groups is 1. The molecule has 0 aliphatic rings. The summed E-state index contributed by atoms with van der Waals surface area (Å²) in [4.78, 5) is 28.7. The van der Waals surface area contributed by atoms with Gasteiger partial charge in [-0.15, -0.1) is 0 Å². The molecule has 4 rings (SSSR count). The number of aromatic nitrogens is 1. The molecular formula is C23H17N3O3. The molecule has 0 unspecified atom stereocenters. The molecule has 1 amide bonds. The van der Waals surface area contributed by atoms with E-state index in [-0.39, 0.29) is 11.6 Å². The molecule has 0 aliphatic carbocycles. The molecule has 1 heterocycles. The van der Waals surface area contributed by atoms with Crippen molar-refractivity contribution in [3.63, 3.8) is 0 Å². The van der Waals surface area contributed by atoms with Crippen molar-refractivity contribution in [1.29, 1.82) is 0 Å². The average Bonchev–Trinajstić information content (AvgIpc) is 2.73. The molecule has 0 radical (unpaired) electrons. The first-order chi connectivity index (χ1) is 14.1. The van der Waals surface area contributed by atoms with Gasteiger partial charge in [-0.25, -0.2) is 0 Å². The zero-order valence-electron chi connectivity index (χ0n) is 15.6. The minimum Gasteiger partial charge on any atom is -0.320 e. The van der Waals surface area contributed by atoms with Gasteiger partial charge in [0.2, 0.25) is 0 Å². The van der Waals surface area contributed by atoms with Crippen molar-refractivity contribution in [3.8, 4) is 11.1 Å². The van der Waals surface area contributed by atoms with Crippen LogP contribution in [-0.2, 0) is 0 Å². The van der Waals surface area contributed by atoms with Crippen molar-refractivity contribution in [2.45, 2.75) is 6.92 Å². The molecule has 0 saturated heterocycles. The molecule has 142 valence electrons. The number of hydrogen-bond donors (Lipinski definition) is 1. The minimum absolute atomic E-state index is 0.0426. The number of nitrogens with one attached hydrogen (secondary N) is 1. The summed E-state index contributed by atoms with van der Waals surface area (Å²) in [5.41, 5.74) is 3.28. The molecular weight excluding hydrogens is 366 g/mol. The van der Waals surface area contributed by atoms with Gasteiger partial charge in [0, 0.05) is 23.2 Å². The van der Waals surface area contributed by atoms with Crippen LogP contribution in [0.5, 0.6) is 0 Å². The van der Waals surface area contributed by atoms with Crippen molar-refractivity contribution in [1.82, 2.24) is 4.98 Å². The maximum atomic E-state index is 13.2. The number of nitrogens with zero attached hydrogens (tertiary/aromatic N) is 2. The van der Waals surface area contributed by atoms with Crippen LogP contribution in [0.4, 0.5) is 11.4 Å². The van der Waals surface area contributed by atoms with Crippen LogP contribution in [0.15, 0.2) is 79.0 Å². The van der Waals surface area contributed by atoms with E-state index in [1.54, 1.807) is 42.6 Å². The molecule has 0 bridgehead atoms. The van der Waals surface area contributed by atoms with Crippen molar-refractivity contribution in [2.24, 2.45) is 0 Å². The maximum Gasteiger partial charge on any atom is 0.277 e. The fourth-order valence-electron chi connectivity index (χ4n) is 3.44. The Hall–Kier alpha value is -4.06. The van der Waals surface area contributed by atoms with E-state index in [0.717, 1.165) is 10.9 Å². The second-order valence-electron chi connectivity index (χ2n) is 6.61. The van der Waals surface area contributed by atoms with E-state index >= 15 is 0 Å². The number of benzene rings is 3. The van der Waals surface area contributed by atoms with Crippen molar-refractivity contribution < 1.29 is 9.72 Å². The average molecular weight is 383 g/mol. The predicted molar refractivity (Wildman–Crippen MR) is 113 cm³/mol. The lowest BCUT2D eigenvalue weighted by Crippen LogP contribution is -2.15. The Labute approximate surface area is 167 Å². The number of rotatable bonds is 4. The van der Waals surface area contributed by atoms with Crippen LogP contribution in [-0.4, -0.2) is 15.8 Å². The number of amides is 1. The van der Waals surface area contributed by atoms with E-state index in [4.69, 9.17) is 0 Å². The summed E-state index contributed by atoms with van der Waals surface area (Å²) in [6, 6.07) is 21.1.